The van der Waals surface area contributed by atoms with E-state index in [1.54, 1.807) is 0 Å². The monoisotopic (exact) mass is 356 g/mol. The van der Waals surface area contributed by atoms with Crippen molar-refractivity contribution in [2.24, 2.45) is 0 Å². The second-order valence-corrected chi connectivity index (χ2v) is 6.37. The van der Waals surface area contributed by atoms with Crippen LogP contribution in [0.25, 0.3) is 0 Å². The van der Waals surface area contributed by atoms with Gasteiger partial charge in [0.15, 0.2) is 0 Å². The van der Waals surface area contributed by atoms with E-state index in [1.807, 2.05) is 0 Å². The van der Waals surface area contributed by atoms with Crippen LogP contribution in [0.2, 0.25) is 0 Å². The van der Waals surface area contributed by atoms with Crippen molar-refractivity contribution < 1.29 is 34.7 Å². The van der Waals surface area contributed by atoms with Crippen LogP contribution in [0.1, 0.15) is 57.4 Å². The maximum atomic E-state index is 8.55. The van der Waals surface area contributed by atoms with E-state index in [0.29, 0.717) is 0 Å². The molecule has 0 saturated carbocycles. The number of rotatable bonds is 8. The molecule has 0 bridgehead atoms. The van der Waals surface area contributed by atoms with Gasteiger partial charge in [-0.2, -0.15) is 7.82 Å². The second-order valence-electron chi connectivity index (χ2n) is 4.91. The SMILES string of the molecule is CCCCCCCCCc1cc[c]([Ni+3])cc1.O=P([O-])([O-])[O-]. The molecule has 0 amide bonds. The van der Waals surface area contributed by atoms with Crippen molar-refractivity contribution in [3.63, 3.8) is 0 Å². The van der Waals surface area contributed by atoms with Crippen molar-refractivity contribution in [3.8, 4) is 0 Å². The molecule has 0 aliphatic carbocycles. The Morgan fingerprint density at radius 1 is 0.905 bits per heavy atom. The maximum Gasteiger partial charge on any atom is -0.159 e. The van der Waals surface area contributed by atoms with E-state index in [0.717, 1.165) is 4.53 Å². The molecule has 1 aromatic rings. The van der Waals surface area contributed by atoms with Crippen molar-refractivity contribution in [1.82, 2.24) is 0 Å². The Morgan fingerprint density at radius 3 is 1.81 bits per heavy atom. The van der Waals surface area contributed by atoms with Crippen LogP contribution in [-0.4, -0.2) is 0 Å². The van der Waals surface area contributed by atoms with Gasteiger partial charge in [-0.25, -0.2) is 0 Å². The van der Waals surface area contributed by atoms with Crippen LogP contribution in [0, 0.1) is 0 Å². The van der Waals surface area contributed by atoms with Crippen molar-refractivity contribution >= 4 is 12.4 Å². The number of benzene rings is 1. The summed E-state index contributed by atoms with van der Waals surface area (Å²) >= 11 is 4.77. The van der Waals surface area contributed by atoms with Crippen LogP contribution in [-0.2, 0) is 26.5 Å². The van der Waals surface area contributed by atoms with E-state index >= 15 is 0 Å². The normalized spacial score (nSPS) is 10.9. The molecule has 0 spiro atoms. The molecule has 0 N–H and O–H groups in total. The first-order chi connectivity index (χ1) is 9.83. The summed E-state index contributed by atoms with van der Waals surface area (Å²) in [6.45, 7) is 2.27. The van der Waals surface area contributed by atoms with Crippen molar-refractivity contribution in [2.75, 3.05) is 0 Å². The first-order valence-corrected chi connectivity index (χ1v) is 9.22. The molecular weight excluding hydrogens is 334 g/mol. The fraction of sp³-hybridized carbons (Fsp3) is 0.600. The van der Waals surface area contributed by atoms with Gasteiger partial charge in [-0.3, -0.25) is 0 Å². The molecule has 6 heteroatoms. The average molecular weight is 357 g/mol. The molecule has 0 aliphatic rings. The van der Waals surface area contributed by atoms with E-state index < -0.39 is 7.82 Å². The minimum Gasteiger partial charge on any atom is -0.822 e. The number of unbranched alkanes of at least 4 members (excludes halogenated alkanes) is 6. The van der Waals surface area contributed by atoms with Crippen LogP contribution < -0.4 is 19.2 Å². The predicted molar refractivity (Wildman–Crippen MR) is 75.4 cm³/mol. The van der Waals surface area contributed by atoms with Crippen LogP contribution in [0.4, 0.5) is 0 Å². The van der Waals surface area contributed by atoms with Gasteiger partial charge in [-0.05, 0) is 0 Å². The molecule has 21 heavy (non-hydrogen) atoms. The smallest absolute Gasteiger partial charge is 0.159 e. The Hall–Kier alpha value is -0.176. The molecule has 0 radical (unpaired) electrons. The number of aryl methyl sites for hydroxylation is 1. The quantitative estimate of drug-likeness (QED) is 0.399. The summed E-state index contributed by atoms with van der Waals surface area (Å²) in [4.78, 5) is 25.6. The Kier molecular flexibility index (Phi) is 12.3. The zero-order chi connectivity index (χ0) is 16.1. The Labute approximate surface area is 135 Å². The van der Waals surface area contributed by atoms with Gasteiger partial charge < -0.3 is 19.2 Å². The molecule has 0 unspecified atom stereocenters. The Bertz CT molecular complexity index is 394. The third-order valence-electron chi connectivity index (χ3n) is 2.96. The zero-order valence-electron chi connectivity index (χ0n) is 12.4. The molecule has 1 rings (SSSR count). The molecule has 0 fully saturated rings. The number of phosphoric acid groups is 1. The first-order valence-electron chi connectivity index (χ1n) is 7.27. The van der Waals surface area contributed by atoms with Gasteiger partial charge in [0.05, 0.1) is 0 Å². The summed E-state index contributed by atoms with van der Waals surface area (Å²) in [6, 6.07) is 8.46. The molecule has 0 aliphatic heterocycles. The van der Waals surface area contributed by atoms with E-state index in [2.05, 4.69) is 31.2 Å². The van der Waals surface area contributed by atoms with Gasteiger partial charge in [0.2, 0.25) is 0 Å². The minimum atomic E-state index is -5.39. The molecule has 4 nitrogen and oxygen atoms in total. The molecule has 1 aromatic carbocycles. The van der Waals surface area contributed by atoms with E-state index in [9.17, 15) is 0 Å². The number of hydrogen-bond donors (Lipinski definition) is 0. The largest absolute Gasteiger partial charge is 0.822 e. The summed E-state index contributed by atoms with van der Waals surface area (Å²) in [6.07, 6.45) is 10.9. The van der Waals surface area contributed by atoms with E-state index in [4.69, 9.17) is 34.7 Å². The van der Waals surface area contributed by atoms with Gasteiger partial charge >= 0.3 is 101 Å². The fourth-order valence-electron chi connectivity index (χ4n) is 1.93. The van der Waals surface area contributed by atoms with Gasteiger partial charge in [0.1, 0.15) is 0 Å². The molecule has 0 heterocycles. The molecule has 0 aromatic heterocycles. The predicted octanol–water partition coefficient (Wildman–Crippen LogP) is 1.33. The molecule has 122 valence electrons. The van der Waals surface area contributed by atoms with Crippen molar-refractivity contribution in [1.29, 1.82) is 0 Å². The van der Waals surface area contributed by atoms with Crippen LogP contribution >= 0.6 is 7.82 Å². The number of hydrogen-bond acceptors (Lipinski definition) is 4. The topological polar surface area (TPSA) is 86.2 Å². The van der Waals surface area contributed by atoms with Gasteiger partial charge in [-0.1, -0.05) is 6.92 Å². The fourth-order valence-corrected chi connectivity index (χ4v) is 2.09. The van der Waals surface area contributed by atoms with Crippen molar-refractivity contribution in [3.05, 3.63) is 29.8 Å². The Morgan fingerprint density at radius 2 is 1.33 bits per heavy atom. The van der Waals surface area contributed by atoms with Gasteiger partial charge in [0.25, 0.3) is 0 Å². The minimum absolute atomic E-state index is 0.989. The molecule has 0 atom stereocenters. The summed E-state index contributed by atoms with van der Waals surface area (Å²) in [7, 11) is -5.39. The first kappa shape index (κ1) is 20.8. The van der Waals surface area contributed by atoms with Crippen LogP contribution in [0.15, 0.2) is 24.3 Å². The van der Waals surface area contributed by atoms with Crippen LogP contribution in [0.3, 0.4) is 0 Å². The zero-order valence-corrected chi connectivity index (χ0v) is 14.2. The van der Waals surface area contributed by atoms with Gasteiger partial charge in [-0.15, -0.1) is 0 Å². The van der Waals surface area contributed by atoms with Gasteiger partial charge in [0, 0.05) is 0 Å². The third-order valence-corrected chi connectivity index (χ3v) is 3.29. The summed E-state index contributed by atoms with van der Waals surface area (Å²) in [5.41, 5.74) is 1.44. The van der Waals surface area contributed by atoms with E-state index in [1.165, 1.54) is 56.9 Å². The third kappa shape index (κ3) is 17.8. The summed E-state index contributed by atoms with van der Waals surface area (Å²) in [5, 5.41) is 0. The maximum absolute atomic E-state index is 8.55. The summed E-state index contributed by atoms with van der Waals surface area (Å²) < 4.78 is 9.54. The van der Waals surface area contributed by atoms with Crippen molar-refractivity contribution in [2.45, 2.75) is 58.3 Å². The second kappa shape index (κ2) is 12.4. The molecular formula is C15H23NiO4P. The standard InChI is InChI=1S/C15H23.Ni.H3O4P/c1-2-3-4-5-6-7-9-12-15-13-10-8-11-14-15;;1-5(2,3)4/h10-11,13-14H,2-7,9,12H2,1H3;;(H3,1,2,3,4)/q;+3;/p-3. The van der Waals surface area contributed by atoms with Crippen LogP contribution in [0.5, 0.6) is 0 Å². The summed E-state index contributed by atoms with van der Waals surface area (Å²) in [5.74, 6) is 0. The van der Waals surface area contributed by atoms with E-state index in [-0.39, 0.29) is 0 Å². The molecule has 0 saturated heterocycles. The Balaban J connectivity index is 0.000000690. The average Bonchev–Trinajstić information content (AvgIpc) is 2.38.